The van der Waals surface area contributed by atoms with Gasteiger partial charge in [0.25, 0.3) is 0 Å². The number of amides is 1. The van der Waals surface area contributed by atoms with Crippen molar-refractivity contribution in [1.29, 1.82) is 5.26 Å². The van der Waals surface area contributed by atoms with Crippen LogP contribution in [0.15, 0.2) is 91.0 Å². The van der Waals surface area contributed by atoms with Crippen molar-refractivity contribution in [3.8, 4) is 6.07 Å². The van der Waals surface area contributed by atoms with E-state index in [4.69, 9.17) is 4.74 Å². The zero-order valence-electron chi connectivity index (χ0n) is 14.9. The number of hydrogen-bond donors (Lipinski definition) is 0. The van der Waals surface area contributed by atoms with Crippen molar-refractivity contribution >= 4 is 6.09 Å². The van der Waals surface area contributed by atoms with Gasteiger partial charge in [0, 0.05) is 0 Å². The molecule has 1 atom stereocenters. The quantitative estimate of drug-likeness (QED) is 0.618. The molecule has 0 heterocycles. The number of nitrogens with zero attached hydrogens (tertiary/aromatic N) is 2. The molecule has 0 saturated heterocycles. The second kappa shape index (κ2) is 9.21. The van der Waals surface area contributed by atoms with E-state index in [-0.39, 0.29) is 6.61 Å². The number of rotatable bonds is 6. The number of nitriles is 1. The summed E-state index contributed by atoms with van der Waals surface area (Å²) < 4.78 is 5.50. The van der Waals surface area contributed by atoms with Crippen LogP contribution >= 0.6 is 0 Å². The van der Waals surface area contributed by atoms with Gasteiger partial charge >= 0.3 is 6.09 Å². The molecule has 0 aliphatic rings. The summed E-state index contributed by atoms with van der Waals surface area (Å²) in [5.41, 5.74) is 2.59. The molecule has 0 spiro atoms. The van der Waals surface area contributed by atoms with Crippen molar-refractivity contribution in [2.75, 3.05) is 0 Å². The lowest BCUT2D eigenvalue weighted by atomic mass is 10.1. The topological polar surface area (TPSA) is 53.3 Å². The van der Waals surface area contributed by atoms with E-state index in [1.807, 2.05) is 91.0 Å². The highest BCUT2D eigenvalue weighted by Crippen LogP contribution is 2.23. The molecule has 0 radical (unpaired) electrons. The SMILES string of the molecule is N#CC(c1ccccc1)N(Cc1ccccc1)C(=O)OCc1ccccc1. The summed E-state index contributed by atoms with van der Waals surface area (Å²) in [4.78, 5) is 14.3. The molecule has 0 saturated carbocycles. The molecule has 0 aromatic heterocycles. The van der Waals surface area contributed by atoms with Gasteiger partial charge in [-0.3, -0.25) is 4.90 Å². The summed E-state index contributed by atoms with van der Waals surface area (Å²) in [6, 6.07) is 29.9. The second-order valence-corrected chi connectivity index (χ2v) is 6.10. The zero-order valence-corrected chi connectivity index (χ0v) is 14.9. The minimum atomic E-state index is -0.727. The summed E-state index contributed by atoms with van der Waals surface area (Å²) in [5.74, 6) is 0. The Morgan fingerprint density at radius 3 is 1.93 bits per heavy atom. The van der Waals surface area contributed by atoms with Crippen LogP contribution < -0.4 is 0 Å². The van der Waals surface area contributed by atoms with Crippen LogP contribution in [0, 0.1) is 11.3 Å². The number of benzene rings is 3. The van der Waals surface area contributed by atoms with Crippen LogP contribution in [-0.2, 0) is 17.9 Å². The van der Waals surface area contributed by atoms with Gasteiger partial charge in [0.15, 0.2) is 0 Å². The van der Waals surface area contributed by atoms with Gasteiger partial charge in [-0.1, -0.05) is 91.0 Å². The lowest BCUT2D eigenvalue weighted by molar-refractivity contribution is 0.0852. The highest BCUT2D eigenvalue weighted by atomic mass is 16.6. The number of hydrogen-bond acceptors (Lipinski definition) is 3. The van der Waals surface area contributed by atoms with Crippen molar-refractivity contribution in [2.24, 2.45) is 0 Å². The molecule has 3 rings (SSSR count). The number of ether oxygens (including phenoxy) is 1. The summed E-state index contributed by atoms with van der Waals surface area (Å²) in [6.45, 7) is 0.458. The molecule has 3 aromatic carbocycles. The van der Waals surface area contributed by atoms with Crippen molar-refractivity contribution in [1.82, 2.24) is 4.90 Å². The molecule has 134 valence electrons. The van der Waals surface area contributed by atoms with Crippen molar-refractivity contribution in [2.45, 2.75) is 19.2 Å². The zero-order chi connectivity index (χ0) is 18.9. The fourth-order valence-corrected chi connectivity index (χ4v) is 2.80. The van der Waals surface area contributed by atoms with Gasteiger partial charge in [0.2, 0.25) is 0 Å². The average molecular weight is 356 g/mol. The van der Waals surface area contributed by atoms with Crippen LogP contribution in [0.3, 0.4) is 0 Å². The molecule has 4 nitrogen and oxygen atoms in total. The Balaban J connectivity index is 1.82. The van der Waals surface area contributed by atoms with Crippen molar-refractivity contribution in [3.63, 3.8) is 0 Å². The van der Waals surface area contributed by atoms with Crippen LogP contribution in [0.1, 0.15) is 22.7 Å². The first-order chi connectivity index (χ1) is 13.3. The van der Waals surface area contributed by atoms with Crippen LogP contribution in [0.2, 0.25) is 0 Å². The Hall–Kier alpha value is -3.58. The third-order valence-corrected chi connectivity index (χ3v) is 4.18. The maximum absolute atomic E-state index is 12.8. The molecule has 0 N–H and O–H groups in total. The van der Waals surface area contributed by atoms with E-state index in [2.05, 4.69) is 6.07 Å². The predicted octanol–water partition coefficient (Wildman–Crippen LogP) is 5.09. The monoisotopic (exact) mass is 356 g/mol. The fraction of sp³-hybridized carbons (Fsp3) is 0.130. The van der Waals surface area contributed by atoms with Gasteiger partial charge in [-0.25, -0.2) is 4.79 Å². The van der Waals surface area contributed by atoms with E-state index < -0.39 is 12.1 Å². The van der Waals surface area contributed by atoms with Crippen LogP contribution in [0.25, 0.3) is 0 Å². The Bertz CT molecular complexity index is 890. The molecular weight excluding hydrogens is 336 g/mol. The van der Waals surface area contributed by atoms with Crippen LogP contribution in [-0.4, -0.2) is 11.0 Å². The Morgan fingerprint density at radius 1 is 0.852 bits per heavy atom. The molecule has 1 unspecified atom stereocenters. The number of carbonyl (C=O) groups excluding carboxylic acids is 1. The maximum Gasteiger partial charge on any atom is 0.411 e. The number of carbonyl (C=O) groups is 1. The van der Waals surface area contributed by atoms with Crippen LogP contribution in [0.4, 0.5) is 4.79 Å². The molecule has 3 aromatic rings. The minimum absolute atomic E-state index is 0.165. The van der Waals surface area contributed by atoms with Crippen LogP contribution in [0.5, 0.6) is 0 Å². The molecular formula is C23H20N2O2. The summed E-state index contributed by atoms with van der Waals surface area (Å²) in [6.07, 6.45) is -0.516. The van der Waals surface area contributed by atoms with E-state index in [1.165, 1.54) is 4.90 Å². The molecule has 27 heavy (non-hydrogen) atoms. The molecule has 1 amide bonds. The first kappa shape index (κ1) is 18.2. The predicted molar refractivity (Wildman–Crippen MR) is 103 cm³/mol. The summed E-state index contributed by atoms with van der Waals surface area (Å²) >= 11 is 0. The van der Waals surface area contributed by atoms with Gasteiger partial charge in [0.1, 0.15) is 12.6 Å². The largest absolute Gasteiger partial charge is 0.444 e. The van der Waals surface area contributed by atoms with E-state index in [9.17, 15) is 10.1 Å². The van der Waals surface area contributed by atoms with E-state index in [0.717, 1.165) is 16.7 Å². The molecule has 4 heteroatoms. The molecule has 0 bridgehead atoms. The maximum atomic E-state index is 12.8. The normalized spacial score (nSPS) is 11.2. The lowest BCUT2D eigenvalue weighted by Crippen LogP contribution is -2.34. The van der Waals surface area contributed by atoms with Gasteiger partial charge in [-0.15, -0.1) is 0 Å². The third kappa shape index (κ3) is 4.96. The van der Waals surface area contributed by atoms with Gasteiger partial charge in [0.05, 0.1) is 12.6 Å². The lowest BCUT2D eigenvalue weighted by Gasteiger charge is -2.27. The molecule has 0 aliphatic heterocycles. The van der Waals surface area contributed by atoms with Gasteiger partial charge in [-0.05, 0) is 16.7 Å². The minimum Gasteiger partial charge on any atom is -0.444 e. The fourth-order valence-electron chi connectivity index (χ4n) is 2.80. The van der Waals surface area contributed by atoms with E-state index in [0.29, 0.717) is 6.54 Å². The van der Waals surface area contributed by atoms with Gasteiger partial charge < -0.3 is 4.74 Å². The van der Waals surface area contributed by atoms with Gasteiger partial charge in [-0.2, -0.15) is 5.26 Å². The standard InChI is InChI=1S/C23H20N2O2/c24-16-22(21-14-8-3-9-15-21)25(17-19-10-4-1-5-11-19)23(26)27-18-20-12-6-2-7-13-20/h1-15,22H,17-18H2. The first-order valence-corrected chi connectivity index (χ1v) is 8.74. The van der Waals surface area contributed by atoms with Crippen molar-refractivity contribution in [3.05, 3.63) is 108 Å². The average Bonchev–Trinajstić information content (AvgIpc) is 2.74. The highest BCUT2D eigenvalue weighted by Gasteiger charge is 2.26. The Kier molecular flexibility index (Phi) is 6.21. The smallest absolute Gasteiger partial charge is 0.411 e. The van der Waals surface area contributed by atoms with E-state index >= 15 is 0 Å². The first-order valence-electron chi connectivity index (χ1n) is 8.74. The Morgan fingerprint density at radius 2 is 1.37 bits per heavy atom. The van der Waals surface area contributed by atoms with E-state index in [1.54, 1.807) is 0 Å². The third-order valence-electron chi connectivity index (χ3n) is 4.18. The Labute approximate surface area is 159 Å². The summed E-state index contributed by atoms with van der Waals surface area (Å²) in [7, 11) is 0. The molecule has 0 aliphatic carbocycles. The molecule has 0 fully saturated rings. The van der Waals surface area contributed by atoms with Crippen molar-refractivity contribution < 1.29 is 9.53 Å². The summed E-state index contributed by atoms with van der Waals surface area (Å²) in [5, 5.41) is 9.76. The second-order valence-electron chi connectivity index (χ2n) is 6.10. The highest BCUT2D eigenvalue weighted by molar-refractivity contribution is 5.69.